The molecule has 5 heterocycles. The van der Waals surface area contributed by atoms with E-state index in [0.29, 0.717) is 22.2 Å². The number of anilines is 1. The number of nitrogens with zero attached hydrogens (tertiary/aromatic N) is 5. The Balaban J connectivity index is 0.956. The molecule has 4 saturated heterocycles. The first-order valence-electron chi connectivity index (χ1n) is 30.6. The predicted octanol–water partition coefficient (Wildman–Crippen LogP) is -1.56. The van der Waals surface area contributed by atoms with Gasteiger partial charge in [-0.1, -0.05) is 76.2 Å². The first-order valence-corrected chi connectivity index (χ1v) is 32.1. The summed E-state index contributed by atoms with van der Waals surface area (Å²) >= 11 is 1.28. The highest BCUT2D eigenvalue weighted by molar-refractivity contribution is 7.90. The van der Waals surface area contributed by atoms with Gasteiger partial charge < -0.3 is 96.8 Å². The lowest BCUT2D eigenvalue weighted by molar-refractivity contribution is -0.433. The van der Waals surface area contributed by atoms with Crippen LogP contribution in [0.1, 0.15) is 73.5 Å². The van der Waals surface area contributed by atoms with Crippen molar-refractivity contribution in [1.29, 1.82) is 0 Å². The van der Waals surface area contributed by atoms with E-state index in [-0.39, 0.29) is 29.6 Å². The summed E-state index contributed by atoms with van der Waals surface area (Å²) in [4.78, 5) is 118. The van der Waals surface area contributed by atoms with E-state index in [9.17, 15) is 79.2 Å². The van der Waals surface area contributed by atoms with Gasteiger partial charge in [-0.3, -0.25) is 38.4 Å². The van der Waals surface area contributed by atoms with Crippen LogP contribution in [0.5, 0.6) is 11.5 Å². The van der Waals surface area contributed by atoms with Crippen LogP contribution in [0.2, 0.25) is 0 Å². The molecule has 14 atom stereocenters. The van der Waals surface area contributed by atoms with Gasteiger partial charge in [0, 0.05) is 73.9 Å². The zero-order valence-corrected chi connectivity index (χ0v) is 53.4. The molecule has 32 nitrogen and oxygen atoms in total. The van der Waals surface area contributed by atoms with E-state index in [1.165, 1.54) is 30.4 Å². The number of phenols is 1. The largest absolute Gasteiger partial charge is 0.504 e. The van der Waals surface area contributed by atoms with E-state index < -0.39 is 183 Å². The van der Waals surface area contributed by atoms with Crippen molar-refractivity contribution in [3.63, 3.8) is 0 Å². The van der Waals surface area contributed by atoms with Crippen LogP contribution in [-0.4, -0.2) is 225 Å². The fourth-order valence-corrected chi connectivity index (χ4v) is 12.9. The van der Waals surface area contributed by atoms with Gasteiger partial charge in [-0.05, 0) is 79.4 Å². The first-order chi connectivity index (χ1) is 45.9. The number of piperidine rings is 1. The molecule has 9 rings (SSSR count). The van der Waals surface area contributed by atoms with Crippen LogP contribution in [0.25, 0.3) is 21.1 Å². The number of aliphatic hydroxyl groups is 7. The van der Waals surface area contributed by atoms with E-state index in [4.69, 9.17) is 19.9 Å². The molecular weight excluding hydrogens is 1300 g/mol. The molecule has 8 amide bonds. The third kappa shape index (κ3) is 17.6. The van der Waals surface area contributed by atoms with E-state index in [1.807, 2.05) is 54.6 Å². The molecule has 4 aromatic carbocycles. The summed E-state index contributed by atoms with van der Waals surface area (Å²) in [7, 11) is 0. The molecule has 13 unspecified atom stereocenters. The molecule has 4 aliphatic heterocycles. The summed E-state index contributed by atoms with van der Waals surface area (Å²) < 4.78 is 15.4. The Labute approximate surface area is 556 Å². The Hall–Kier alpha value is -8.49. The van der Waals surface area contributed by atoms with Gasteiger partial charge in [-0.2, -0.15) is 0 Å². The number of aromatic nitrogens is 2. The van der Waals surface area contributed by atoms with Gasteiger partial charge in [-0.15, -0.1) is 10.2 Å². The highest BCUT2D eigenvalue weighted by Gasteiger charge is 2.50. The van der Waals surface area contributed by atoms with Crippen molar-refractivity contribution in [2.45, 2.75) is 138 Å². The number of benzene rings is 4. The number of phenolic OH excluding ortho intramolecular Hbond substituents is 1. The molecule has 0 spiro atoms. The molecule has 5 aromatic rings. The number of aromatic hydroxyl groups is 1. The van der Waals surface area contributed by atoms with Gasteiger partial charge >= 0.3 is 0 Å². The average molecular weight is 1370 g/mol. The van der Waals surface area contributed by atoms with Crippen molar-refractivity contribution in [1.82, 2.24) is 46.6 Å². The number of amides is 8. The number of primary amides is 1. The number of β-amino-alcohol motifs (C(OH)–C–C–N with tert-alkyl or cyclic N) is 1. The molecule has 16 N–H and O–H groups in total. The van der Waals surface area contributed by atoms with E-state index >= 15 is 0 Å². The number of aliphatic hydroxyl groups excluding tert-OH is 7. The lowest BCUT2D eigenvalue weighted by Gasteiger charge is -2.34. The fourth-order valence-electron chi connectivity index (χ4n) is 11.8. The van der Waals surface area contributed by atoms with E-state index in [2.05, 4.69) is 51.1 Å². The molecule has 0 aliphatic carbocycles. The molecule has 96 heavy (non-hydrogen) atoms. The minimum absolute atomic E-state index is 0.00930. The van der Waals surface area contributed by atoms with Crippen LogP contribution in [0.3, 0.4) is 0 Å². The summed E-state index contributed by atoms with van der Waals surface area (Å²) in [5, 5.41) is 124. The monoisotopic (exact) mass is 1370 g/mol. The van der Waals surface area contributed by atoms with Crippen molar-refractivity contribution >= 4 is 76.6 Å². The maximum atomic E-state index is 14.7. The van der Waals surface area contributed by atoms with Crippen molar-refractivity contribution in [2.24, 2.45) is 11.7 Å². The van der Waals surface area contributed by atoms with Gasteiger partial charge in [0.25, 0.3) is 18.2 Å². The van der Waals surface area contributed by atoms with Gasteiger partial charge in [-0.25, -0.2) is 5.26 Å². The second-order valence-electron chi connectivity index (χ2n) is 23.9. The van der Waals surface area contributed by atoms with Crippen LogP contribution < -0.4 is 41.4 Å². The second-order valence-corrected chi connectivity index (χ2v) is 25.3. The molecule has 34 heteroatoms. The lowest BCUT2D eigenvalue weighted by Crippen LogP contribution is -2.64. The number of nitrogens with one attached hydrogen (secondary N) is 5. The average Bonchev–Trinajstić information content (AvgIpc) is 1.74. The maximum Gasteiger partial charge on any atom is 0.261 e. The summed E-state index contributed by atoms with van der Waals surface area (Å²) in [5.41, 5.74) is 8.64. The smallest absolute Gasteiger partial charge is 0.261 e. The number of ether oxygens (including phenoxy) is 1. The Morgan fingerprint density at radius 1 is 0.760 bits per heavy atom. The summed E-state index contributed by atoms with van der Waals surface area (Å²) in [6.45, 7) is 2.93. The summed E-state index contributed by atoms with van der Waals surface area (Å²) in [6.07, 6.45) is -14.2. The molecule has 0 radical (unpaired) electrons. The topological polar surface area (TPSA) is 477 Å². The highest BCUT2D eigenvalue weighted by Crippen LogP contribution is 2.36. The highest BCUT2D eigenvalue weighted by atomic mass is 32.2. The Bertz CT molecular complexity index is 3550. The minimum Gasteiger partial charge on any atom is -0.504 e. The van der Waals surface area contributed by atoms with Crippen LogP contribution in [-0.2, 0) is 54.3 Å². The second kappa shape index (κ2) is 32.5. The van der Waals surface area contributed by atoms with E-state index in [1.54, 1.807) is 12.1 Å². The third-order valence-electron chi connectivity index (χ3n) is 17.0. The number of fused-ring (bicyclic) bond motifs is 2. The van der Waals surface area contributed by atoms with Gasteiger partial charge in [0.2, 0.25) is 41.4 Å². The molecule has 1 aromatic heterocycles. The molecule has 4 fully saturated rings. The van der Waals surface area contributed by atoms with Gasteiger partial charge in [0.05, 0.1) is 49.7 Å². The first kappa shape index (κ1) is 71.8. The standard InChI is InChI=1S/C62H75N11O21S2/c1-30-27-73-50(51(30)80)58(87)64-26-38(75)23-41(65-54(83)33-8-10-34(11-9-33)59-69-70-60(95-59)35-12-15-37(16-13-35)71-20-18-40(19-21-71)91-29-32-6-4-3-5-7-32)55(84)66-47(31(2)74)61(88)72-28-39(76)24-42(72)56(85)68-49(57(86)67-48(62(73)89)44(78)25-46(63)79)53(82)52(81)36-14-17-43(77)45(22-36)92-96-94-93-90/h3-17,22,30-31,38-42,44,47-53,74-78,80-82,90H,18-21,23-29H2,1-2H3,(H2,63,79)(H,64,87)(H,65,83)(H,66,84)(H,67,86)(H,68,85)/t30?,31?,38?,39?,41-,42?,44?,47?,48?,49?,50?,51?,52?,53?/m0/s1. The predicted molar refractivity (Wildman–Crippen MR) is 338 cm³/mol. The van der Waals surface area contributed by atoms with Gasteiger partial charge in [0.15, 0.2) is 11.5 Å². The molecule has 516 valence electrons. The molecule has 0 bridgehead atoms. The van der Waals surface area contributed by atoms with Crippen molar-refractivity contribution in [3.8, 4) is 32.6 Å². The number of hydrogen-bond donors (Lipinski definition) is 15. The summed E-state index contributed by atoms with van der Waals surface area (Å²) in [5.74, 6) is -11.9. The molecule has 4 aliphatic rings. The number of nitrogens with two attached hydrogens (primary N) is 1. The minimum atomic E-state index is -2.53. The SMILES string of the molecule is CC(O)C1NC(=O)[C@@H](NC(=O)c2ccc(-c3nnc(-c4ccc(N5CCC(OCc6ccccc6)CC5)cc4)s3)cc2)CC(O)CNC(=O)C2C(O)C(C)CN2C(=O)C(C(O)CC(N)=O)NC(=O)C(C(O)C(O)c2ccc(O)c(OSOOO)c2)NC(=O)C2CC(O)CN2C1=O. The van der Waals surface area contributed by atoms with E-state index in [0.717, 1.165) is 77.7 Å². The quantitative estimate of drug-likeness (QED) is 0.0192. The molecule has 0 saturated carbocycles. The number of carbonyl (C=O) groups is 8. The number of carbonyl (C=O) groups excluding carboxylic acids is 8. The Morgan fingerprint density at radius 3 is 2.04 bits per heavy atom. The lowest BCUT2D eigenvalue weighted by atomic mass is 9.96. The zero-order valence-electron chi connectivity index (χ0n) is 51.7. The third-order valence-corrected chi connectivity index (χ3v) is 18.4. The number of rotatable bonds is 19. The van der Waals surface area contributed by atoms with Crippen LogP contribution in [0.15, 0.2) is 97.1 Å². The molecular formula is C62H75N11O21S2. The zero-order chi connectivity index (χ0) is 69.1. The van der Waals surface area contributed by atoms with Crippen LogP contribution in [0.4, 0.5) is 5.69 Å². The Morgan fingerprint density at radius 2 is 1.40 bits per heavy atom. The van der Waals surface area contributed by atoms with Crippen molar-refractivity contribution in [3.05, 3.63) is 114 Å². The van der Waals surface area contributed by atoms with Gasteiger partial charge in [0.1, 0.15) is 58.5 Å². The number of hydrogen-bond acceptors (Lipinski definition) is 26. The van der Waals surface area contributed by atoms with Crippen LogP contribution >= 0.6 is 23.7 Å². The fraction of sp³-hybridized carbons (Fsp3) is 0.452. The maximum absolute atomic E-state index is 14.7. The van der Waals surface area contributed by atoms with Crippen molar-refractivity contribution in [2.75, 3.05) is 37.6 Å². The van der Waals surface area contributed by atoms with Crippen LogP contribution in [0, 0.1) is 5.92 Å². The summed E-state index contributed by atoms with van der Waals surface area (Å²) in [6, 6.07) is 14.7. The Kier molecular flexibility index (Phi) is 24.3. The van der Waals surface area contributed by atoms with Crippen molar-refractivity contribution < 1.29 is 103 Å². The normalized spacial score (nSPS) is 25.6.